The van der Waals surface area contributed by atoms with Crippen LogP contribution in [0.15, 0.2) is 0 Å². The summed E-state index contributed by atoms with van der Waals surface area (Å²) in [4.78, 5) is 4.88. The van der Waals surface area contributed by atoms with Crippen molar-refractivity contribution in [1.29, 1.82) is 0 Å². The SMILES string of the molecule is COc1c(OC)c(CO[Si](C)C)c2c(nc(C(C)(C)C)n2C)c1OC. The van der Waals surface area contributed by atoms with Gasteiger partial charge in [-0.05, 0) is 13.1 Å². The zero-order chi connectivity index (χ0) is 18.9. The van der Waals surface area contributed by atoms with Crippen LogP contribution in [-0.4, -0.2) is 39.9 Å². The number of aromatic nitrogens is 2. The van der Waals surface area contributed by atoms with Crippen molar-refractivity contribution in [2.45, 2.75) is 45.9 Å². The highest BCUT2D eigenvalue weighted by Gasteiger charge is 2.30. The lowest BCUT2D eigenvalue weighted by Crippen LogP contribution is -2.17. The van der Waals surface area contributed by atoms with E-state index < -0.39 is 9.04 Å². The van der Waals surface area contributed by atoms with Crippen LogP contribution < -0.4 is 14.2 Å². The third-order valence-corrected chi connectivity index (χ3v) is 4.79. The second-order valence-corrected chi connectivity index (χ2v) is 9.32. The second-order valence-electron chi connectivity index (χ2n) is 7.22. The third kappa shape index (κ3) is 3.48. The second kappa shape index (κ2) is 7.25. The van der Waals surface area contributed by atoms with Gasteiger partial charge in [-0.15, -0.1) is 0 Å². The van der Waals surface area contributed by atoms with E-state index in [0.717, 1.165) is 22.4 Å². The summed E-state index contributed by atoms with van der Waals surface area (Å²) in [7, 11) is 6.04. The number of rotatable bonds is 6. The molecule has 0 spiro atoms. The molecule has 0 amide bonds. The van der Waals surface area contributed by atoms with Gasteiger partial charge in [0, 0.05) is 18.0 Å². The van der Waals surface area contributed by atoms with E-state index in [9.17, 15) is 0 Å². The average Bonchev–Trinajstić information content (AvgIpc) is 2.88. The van der Waals surface area contributed by atoms with Crippen molar-refractivity contribution in [3.63, 3.8) is 0 Å². The number of fused-ring (bicyclic) bond motifs is 1. The first-order valence-corrected chi connectivity index (χ1v) is 10.7. The smallest absolute Gasteiger partial charge is 0.206 e. The molecule has 0 saturated carbocycles. The van der Waals surface area contributed by atoms with Crippen LogP contribution in [-0.2, 0) is 23.5 Å². The number of nitrogens with zero attached hydrogens (tertiary/aromatic N) is 2. The molecule has 2 aromatic rings. The first-order chi connectivity index (χ1) is 11.7. The summed E-state index contributed by atoms with van der Waals surface area (Å²) in [5, 5.41) is 0. The van der Waals surface area contributed by atoms with Gasteiger partial charge in [-0.3, -0.25) is 0 Å². The van der Waals surface area contributed by atoms with E-state index in [1.54, 1.807) is 21.3 Å². The van der Waals surface area contributed by atoms with Crippen LogP contribution in [0.25, 0.3) is 11.0 Å². The number of imidazole rings is 1. The molecule has 2 rings (SSSR count). The van der Waals surface area contributed by atoms with E-state index in [1.807, 2.05) is 7.05 Å². The zero-order valence-corrected chi connectivity index (χ0v) is 17.7. The lowest BCUT2D eigenvalue weighted by Gasteiger charge is -2.20. The topological polar surface area (TPSA) is 54.7 Å². The molecule has 0 aliphatic rings. The number of hydrogen-bond acceptors (Lipinski definition) is 5. The van der Waals surface area contributed by atoms with Crippen molar-refractivity contribution in [2.75, 3.05) is 21.3 Å². The molecular formula is C18H29N2O4Si. The molecule has 25 heavy (non-hydrogen) atoms. The molecule has 0 N–H and O–H groups in total. The maximum Gasteiger partial charge on any atom is 0.206 e. The van der Waals surface area contributed by atoms with Crippen molar-refractivity contribution in [1.82, 2.24) is 9.55 Å². The van der Waals surface area contributed by atoms with Crippen LogP contribution in [0, 0.1) is 0 Å². The van der Waals surface area contributed by atoms with E-state index >= 15 is 0 Å². The summed E-state index contributed by atoms with van der Waals surface area (Å²) >= 11 is 0. The van der Waals surface area contributed by atoms with Gasteiger partial charge >= 0.3 is 0 Å². The van der Waals surface area contributed by atoms with Crippen LogP contribution >= 0.6 is 0 Å². The Morgan fingerprint density at radius 2 is 1.52 bits per heavy atom. The number of aryl methyl sites for hydroxylation is 1. The Hall–Kier alpha value is -1.73. The normalized spacial score (nSPS) is 12.1. The number of ether oxygens (including phenoxy) is 3. The first kappa shape index (κ1) is 19.6. The molecule has 1 aromatic carbocycles. The predicted octanol–water partition coefficient (Wildman–Crippen LogP) is 3.66. The molecule has 0 fully saturated rings. The van der Waals surface area contributed by atoms with Gasteiger partial charge in [-0.1, -0.05) is 20.8 Å². The minimum Gasteiger partial charge on any atom is -0.492 e. The molecule has 0 unspecified atom stereocenters. The van der Waals surface area contributed by atoms with Gasteiger partial charge in [-0.2, -0.15) is 0 Å². The van der Waals surface area contributed by atoms with E-state index in [1.165, 1.54) is 0 Å². The molecule has 0 saturated heterocycles. The maximum absolute atomic E-state index is 5.99. The van der Waals surface area contributed by atoms with Gasteiger partial charge in [0.05, 0.1) is 33.5 Å². The summed E-state index contributed by atoms with van der Waals surface area (Å²) < 4.78 is 25.0. The fourth-order valence-electron chi connectivity index (χ4n) is 3.07. The van der Waals surface area contributed by atoms with Gasteiger partial charge in [0.25, 0.3) is 0 Å². The lowest BCUT2D eigenvalue weighted by atomic mass is 9.96. The van der Waals surface area contributed by atoms with Crippen LogP contribution in [0.5, 0.6) is 17.2 Å². The Kier molecular flexibility index (Phi) is 5.68. The minimum atomic E-state index is -0.851. The molecule has 6 nitrogen and oxygen atoms in total. The van der Waals surface area contributed by atoms with Crippen LogP contribution in [0.1, 0.15) is 32.2 Å². The fraction of sp³-hybridized carbons (Fsp3) is 0.611. The average molecular weight is 366 g/mol. The monoisotopic (exact) mass is 365 g/mol. The van der Waals surface area contributed by atoms with Crippen LogP contribution in [0.4, 0.5) is 0 Å². The molecule has 1 heterocycles. The fourth-order valence-corrected chi connectivity index (χ4v) is 3.50. The van der Waals surface area contributed by atoms with Crippen LogP contribution in [0.2, 0.25) is 13.1 Å². The van der Waals surface area contributed by atoms with E-state index in [0.29, 0.717) is 23.9 Å². The molecule has 0 aliphatic carbocycles. The Morgan fingerprint density at radius 3 is 1.96 bits per heavy atom. The summed E-state index contributed by atoms with van der Waals surface area (Å²) in [6.07, 6.45) is 0. The molecule has 7 heteroatoms. The standard InChI is InChI=1S/C18H29N2O4Si/c1-18(2,3)17-19-12-13(20(17)4)11(10-24-25(8)9)14(21-5)16(23-7)15(12)22-6/h10H2,1-9H3. The predicted molar refractivity (Wildman–Crippen MR) is 101 cm³/mol. The molecule has 0 aliphatic heterocycles. The largest absolute Gasteiger partial charge is 0.492 e. The van der Waals surface area contributed by atoms with Crippen LogP contribution in [0.3, 0.4) is 0 Å². The van der Waals surface area contributed by atoms with Gasteiger partial charge in [0.15, 0.2) is 11.5 Å². The Bertz CT molecular complexity index is 763. The summed E-state index contributed by atoms with van der Waals surface area (Å²) in [5.74, 6) is 2.74. The third-order valence-electron chi connectivity index (χ3n) is 4.07. The summed E-state index contributed by atoms with van der Waals surface area (Å²) in [5.41, 5.74) is 2.56. The highest BCUT2D eigenvalue weighted by molar-refractivity contribution is 6.48. The maximum atomic E-state index is 5.99. The zero-order valence-electron chi connectivity index (χ0n) is 16.7. The van der Waals surface area contributed by atoms with Crippen molar-refractivity contribution in [3.8, 4) is 17.2 Å². The van der Waals surface area contributed by atoms with Gasteiger partial charge in [-0.25, -0.2) is 4.98 Å². The molecule has 0 bridgehead atoms. The Morgan fingerprint density at radius 1 is 0.960 bits per heavy atom. The molecule has 139 valence electrons. The lowest BCUT2D eigenvalue weighted by molar-refractivity contribution is 0.292. The minimum absolute atomic E-state index is 0.109. The number of benzene rings is 1. The van der Waals surface area contributed by atoms with E-state index in [4.69, 9.17) is 23.6 Å². The van der Waals surface area contributed by atoms with Crippen molar-refractivity contribution >= 4 is 20.1 Å². The molecular weight excluding hydrogens is 336 g/mol. The number of methoxy groups -OCH3 is 3. The van der Waals surface area contributed by atoms with Gasteiger partial charge < -0.3 is 23.2 Å². The highest BCUT2D eigenvalue weighted by atomic mass is 28.3. The van der Waals surface area contributed by atoms with Crippen molar-refractivity contribution in [2.24, 2.45) is 7.05 Å². The molecule has 1 radical (unpaired) electrons. The van der Waals surface area contributed by atoms with Gasteiger partial charge in [0.1, 0.15) is 11.3 Å². The van der Waals surface area contributed by atoms with Gasteiger partial charge in [0.2, 0.25) is 14.8 Å². The van der Waals surface area contributed by atoms with E-state index in [-0.39, 0.29) is 5.41 Å². The first-order valence-electron chi connectivity index (χ1n) is 8.28. The summed E-state index contributed by atoms with van der Waals surface area (Å²) in [6, 6.07) is 0. The quantitative estimate of drug-likeness (QED) is 0.731. The Labute approximate surface area is 151 Å². The highest BCUT2D eigenvalue weighted by Crippen LogP contribution is 2.47. The van der Waals surface area contributed by atoms with E-state index in [2.05, 4.69) is 38.4 Å². The van der Waals surface area contributed by atoms with Crippen molar-refractivity contribution < 1.29 is 18.6 Å². The number of hydrogen-bond donors (Lipinski definition) is 0. The molecule has 0 atom stereocenters. The Balaban J connectivity index is 2.92. The van der Waals surface area contributed by atoms with Crippen molar-refractivity contribution in [3.05, 3.63) is 11.4 Å². The summed E-state index contributed by atoms with van der Waals surface area (Å²) in [6.45, 7) is 11.1. The molecule has 1 aromatic heterocycles.